The number of halogens is 2. The topological polar surface area (TPSA) is 20.2 Å². The van der Waals surface area contributed by atoms with Crippen LogP contribution < -0.4 is 5.32 Å². The number of aryl methyl sites for hydroxylation is 1. The zero-order valence-electron chi connectivity index (χ0n) is 16.6. The quantitative estimate of drug-likeness (QED) is 0.526. The minimum absolute atomic E-state index is 0. The van der Waals surface area contributed by atoms with Crippen LogP contribution in [-0.2, 0) is 6.54 Å². The Balaban J connectivity index is 0.00000140. The maximum atomic E-state index is 3.94. The van der Waals surface area contributed by atoms with Crippen LogP contribution in [0, 0.1) is 0 Å². The second-order valence-electron chi connectivity index (χ2n) is 7.21. The van der Waals surface area contributed by atoms with E-state index in [1.54, 1.807) is 0 Å². The van der Waals surface area contributed by atoms with Crippen LogP contribution >= 0.6 is 24.8 Å². The fourth-order valence-electron chi connectivity index (χ4n) is 4.45. The first kappa shape index (κ1) is 22.8. The lowest BCUT2D eigenvalue weighted by Crippen LogP contribution is -2.45. The van der Waals surface area contributed by atoms with E-state index in [0.717, 1.165) is 45.6 Å². The molecule has 1 N–H and O–H groups in total. The molecule has 5 heteroatoms. The van der Waals surface area contributed by atoms with E-state index >= 15 is 0 Å². The average Bonchev–Trinajstić information content (AvgIpc) is 3.02. The molecule has 1 aliphatic rings. The number of piperazine rings is 1. The molecule has 3 nitrogen and oxygen atoms in total. The van der Waals surface area contributed by atoms with Crippen molar-refractivity contribution >= 4 is 46.6 Å². The molecule has 152 valence electrons. The second-order valence-corrected chi connectivity index (χ2v) is 7.21. The molecule has 4 rings (SSSR count). The fourth-order valence-corrected chi connectivity index (χ4v) is 4.45. The molecule has 2 aromatic carbocycles. The van der Waals surface area contributed by atoms with Gasteiger partial charge in [-0.3, -0.25) is 4.90 Å². The summed E-state index contributed by atoms with van der Waals surface area (Å²) < 4.78 is 2.43. The molecule has 0 unspecified atom stereocenters. The van der Waals surface area contributed by atoms with Crippen molar-refractivity contribution in [2.75, 3.05) is 26.2 Å². The van der Waals surface area contributed by atoms with Gasteiger partial charge in [0, 0.05) is 60.6 Å². The van der Waals surface area contributed by atoms with E-state index in [-0.39, 0.29) is 24.8 Å². The van der Waals surface area contributed by atoms with E-state index in [1.165, 1.54) is 27.4 Å². The molecule has 1 fully saturated rings. The van der Waals surface area contributed by atoms with Crippen molar-refractivity contribution in [1.82, 2.24) is 14.8 Å². The van der Waals surface area contributed by atoms with E-state index in [9.17, 15) is 0 Å². The predicted molar refractivity (Wildman–Crippen MR) is 126 cm³/mol. The summed E-state index contributed by atoms with van der Waals surface area (Å²) in [5.41, 5.74) is 4.13. The van der Waals surface area contributed by atoms with Crippen LogP contribution in [0.25, 0.3) is 21.8 Å². The maximum absolute atomic E-state index is 3.94. The number of aromatic nitrogens is 1. The summed E-state index contributed by atoms with van der Waals surface area (Å²) in [4.78, 5) is 2.64. The standard InChI is InChI=1S/C23H29N3.2ClH/c1-3-5-9-21(25-15-13-24-14-16-25)18-11-12-23-20(17-18)19-8-6-7-10-22(19)26(23)4-2;;/h3,6-8,10-12,17,21,24H,1,4-5,9,13-16H2,2H3;2*1H/t21-;;/m1../s1. The monoisotopic (exact) mass is 419 g/mol. The maximum Gasteiger partial charge on any atom is 0.0491 e. The Labute approximate surface area is 180 Å². The Morgan fingerprint density at radius 3 is 2.46 bits per heavy atom. The molecule has 2 heterocycles. The van der Waals surface area contributed by atoms with Crippen LogP contribution in [0.15, 0.2) is 55.1 Å². The number of para-hydroxylation sites is 1. The molecule has 0 spiro atoms. The van der Waals surface area contributed by atoms with Gasteiger partial charge in [-0.1, -0.05) is 30.3 Å². The Morgan fingerprint density at radius 1 is 1.04 bits per heavy atom. The number of hydrogen-bond acceptors (Lipinski definition) is 2. The van der Waals surface area contributed by atoms with Gasteiger partial charge in [-0.25, -0.2) is 0 Å². The lowest BCUT2D eigenvalue weighted by atomic mass is 9.97. The molecule has 3 aromatic rings. The number of hydrogen-bond donors (Lipinski definition) is 1. The van der Waals surface area contributed by atoms with Crippen molar-refractivity contribution in [1.29, 1.82) is 0 Å². The van der Waals surface area contributed by atoms with Gasteiger partial charge in [0.1, 0.15) is 0 Å². The molecule has 0 radical (unpaired) electrons. The zero-order chi connectivity index (χ0) is 17.9. The van der Waals surface area contributed by atoms with Gasteiger partial charge in [0.05, 0.1) is 0 Å². The summed E-state index contributed by atoms with van der Waals surface area (Å²) >= 11 is 0. The highest BCUT2D eigenvalue weighted by atomic mass is 35.5. The molecule has 0 amide bonds. The van der Waals surface area contributed by atoms with Crippen molar-refractivity contribution in [2.45, 2.75) is 32.4 Å². The van der Waals surface area contributed by atoms with Gasteiger partial charge in [0.15, 0.2) is 0 Å². The smallest absolute Gasteiger partial charge is 0.0491 e. The summed E-state index contributed by atoms with van der Waals surface area (Å²) in [6, 6.07) is 16.4. The van der Waals surface area contributed by atoms with E-state index in [0.29, 0.717) is 6.04 Å². The molecule has 0 bridgehead atoms. The molecule has 1 aliphatic heterocycles. The second kappa shape index (κ2) is 10.3. The summed E-state index contributed by atoms with van der Waals surface area (Å²) in [5.74, 6) is 0. The first-order valence-corrected chi connectivity index (χ1v) is 9.90. The van der Waals surface area contributed by atoms with Crippen molar-refractivity contribution in [3.8, 4) is 0 Å². The third kappa shape index (κ3) is 4.23. The van der Waals surface area contributed by atoms with Gasteiger partial charge in [-0.05, 0) is 43.5 Å². The Kier molecular flexibility index (Phi) is 8.38. The third-order valence-electron chi connectivity index (χ3n) is 5.73. The van der Waals surface area contributed by atoms with Crippen molar-refractivity contribution in [2.24, 2.45) is 0 Å². The number of allylic oxidation sites excluding steroid dienone is 1. The first-order valence-electron chi connectivity index (χ1n) is 9.90. The van der Waals surface area contributed by atoms with Crippen LogP contribution in [0.1, 0.15) is 31.4 Å². The average molecular weight is 420 g/mol. The molecule has 0 saturated carbocycles. The molecule has 1 saturated heterocycles. The first-order chi connectivity index (χ1) is 12.8. The number of benzene rings is 2. The lowest BCUT2D eigenvalue weighted by Gasteiger charge is -2.35. The fraction of sp³-hybridized carbons (Fsp3) is 0.391. The zero-order valence-corrected chi connectivity index (χ0v) is 18.2. The molecule has 1 atom stereocenters. The Morgan fingerprint density at radius 2 is 1.75 bits per heavy atom. The number of nitrogens with one attached hydrogen (secondary N) is 1. The highest BCUT2D eigenvalue weighted by molar-refractivity contribution is 6.08. The van der Waals surface area contributed by atoms with Crippen molar-refractivity contribution < 1.29 is 0 Å². The van der Waals surface area contributed by atoms with Crippen molar-refractivity contribution in [3.05, 3.63) is 60.7 Å². The highest BCUT2D eigenvalue weighted by Crippen LogP contribution is 2.34. The van der Waals surface area contributed by atoms with E-state index in [1.807, 2.05) is 0 Å². The lowest BCUT2D eigenvalue weighted by molar-refractivity contribution is 0.166. The van der Waals surface area contributed by atoms with E-state index < -0.39 is 0 Å². The van der Waals surface area contributed by atoms with Crippen molar-refractivity contribution in [3.63, 3.8) is 0 Å². The summed E-state index contributed by atoms with van der Waals surface area (Å²) in [6.07, 6.45) is 4.25. The van der Waals surface area contributed by atoms with Crippen LogP contribution in [0.3, 0.4) is 0 Å². The van der Waals surface area contributed by atoms with Crippen LogP contribution in [0.5, 0.6) is 0 Å². The normalized spacial score (nSPS) is 15.8. The van der Waals surface area contributed by atoms with Crippen LogP contribution in [-0.4, -0.2) is 35.6 Å². The summed E-state index contributed by atoms with van der Waals surface area (Å²) in [5, 5.41) is 6.23. The van der Waals surface area contributed by atoms with Crippen LogP contribution in [0.2, 0.25) is 0 Å². The Bertz CT molecular complexity index is 913. The van der Waals surface area contributed by atoms with E-state index in [2.05, 4.69) is 76.8 Å². The molecule has 1 aromatic heterocycles. The van der Waals surface area contributed by atoms with Gasteiger partial charge in [0.25, 0.3) is 0 Å². The minimum atomic E-state index is 0. The summed E-state index contributed by atoms with van der Waals surface area (Å²) in [7, 11) is 0. The van der Waals surface area contributed by atoms with Gasteiger partial charge < -0.3 is 9.88 Å². The molecular weight excluding hydrogens is 389 g/mol. The Hall–Kier alpha value is -1.52. The van der Waals surface area contributed by atoms with E-state index in [4.69, 9.17) is 0 Å². The van der Waals surface area contributed by atoms with Gasteiger partial charge in [-0.15, -0.1) is 31.4 Å². The largest absolute Gasteiger partial charge is 0.341 e. The molecule has 28 heavy (non-hydrogen) atoms. The predicted octanol–water partition coefficient (Wildman–Crippen LogP) is 5.57. The third-order valence-corrected chi connectivity index (χ3v) is 5.73. The SMILES string of the molecule is C=CCC[C@H](c1ccc2c(c1)c1ccccc1n2CC)N1CCNCC1.Cl.Cl. The van der Waals surface area contributed by atoms with Gasteiger partial charge in [0.2, 0.25) is 0 Å². The number of rotatable bonds is 6. The highest BCUT2D eigenvalue weighted by Gasteiger charge is 2.22. The van der Waals surface area contributed by atoms with Gasteiger partial charge in [-0.2, -0.15) is 0 Å². The number of nitrogens with zero attached hydrogens (tertiary/aromatic N) is 2. The molecular formula is C23H31Cl2N3. The van der Waals surface area contributed by atoms with Crippen LogP contribution in [0.4, 0.5) is 0 Å². The minimum Gasteiger partial charge on any atom is -0.341 e. The van der Waals surface area contributed by atoms with Gasteiger partial charge >= 0.3 is 0 Å². The number of fused-ring (bicyclic) bond motifs is 3. The summed E-state index contributed by atoms with van der Waals surface area (Å²) in [6.45, 7) is 11.6. The molecule has 0 aliphatic carbocycles.